The standard InChI is InChI=1S/C37H30N2O/c1-21(2)24-12-9-13-25(22(3)4)36(24)23-16-17-27-30-19-33-29(20-35(30)40-34(27)18-23)26-10-5-6-11-28(26)37-38-31-14-7-8-15-32(31)39(33)37/h5-22H,1-4H3. The van der Waals surface area contributed by atoms with Crippen molar-refractivity contribution in [2.75, 3.05) is 0 Å². The van der Waals surface area contributed by atoms with E-state index in [9.17, 15) is 0 Å². The van der Waals surface area contributed by atoms with Crippen molar-refractivity contribution in [3.63, 3.8) is 0 Å². The summed E-state index contributed by atoms with van der Waals surface area (Å²) < 4.78 is 8.94. The Balaban J connectivity index is 1.46. The van der Waals surface area contributed by atoms with E-state index >= 15 is 0 Å². The quantitative estimate of drug-likeness (QED) is 0.218. The van der Waals surface area contributed by atoms with Crippen LogP contribution in [0.3, 0.4) is 0 Å². The molecule has 3 aromatic heterocycles. The molecule has 8 aromatic rings. The summed E-state index contributed by atoms with van der Waals surface area (Å²) in [4.78, 5) is 5.05. The van der Waals surface area contributed by atoms with Crippen LogP contribution in [-0.2, 0) is 0 Å². The van der Waals surface area contributed by atoms with Gasteiger partial charge in [0.1, 0.15) is 16.8 Å². The lowest BCUT2D eigenvalue weighted by molar-refractivity contribution is 0.669. The van der Waals surface area contributed by atoms with Crippen molar-refractivity contribution in [3.05, 3.63) is 108 Å². The SMILES string of the molecule is CC(C)c1cccc(C(C)C)c1-c1ccc2c(c1)oc1cc3c4ccccc4c4nc5ccccc5n4c3cc12. The second-order valence-corrected chi connectivity index (χ2v) is 11.6. The Hall–Kier alpha value is -4.63. The van der Waals surface area contributed by atoms with E-state index in [0.717, 1.165) is 49.5 Å². The molecule has 0 radical (unpaired) electrons. The number of rotatable bonds is 3. The van der Waals surface area contributed by atoms with Crippen LogP contribution in [0.2, 0.25) is 0 Å². The fourth-order valence-corrected chi connectivity index (χ4v) is 6.62. The number of pyridine rings is 1. The highest BCUT2D eigenvalue weighted by atomic mass is 16.3. The number of imidazole rings is 1. The van der Waals surface area contributed by atoms with Crippen molar-refractivity contribution < 1.29 is 4.42 Å². The maximum atomic E-state index is 6.63. The second kappa shape index (κ2) is 8.43. The zero-order valence-electron chi connectivity index (χ0n) is 23.2. The highest BCUT2D eigenvalue weighted by Gasteiger charge is 2.19. The number of para-hydroxylation sites is 2. The molecule has 40 heavy (non-hydrogen) atoms. The molecule has 0 amide bonds. The Bertz CT molecular complexity index is 2250. The molecular weight excluding hydrogens is 488 g/mol. The van der Waals surface area contributed by atoms with E-state index in [0.29, 0.717) is 11.8 Å². The molecule has 3 heterocycles. The average molecular weight is 519 g/mol. The lowest BCUT2D eigenvalue weighted by Crippen LogP contribution is -1.99. The van der Waals surface area contributed by atoms with Crippen LogP contribution in [0.4, 0.5) is 0 Å². The first-order chi connectivity index (χ1) is 19.5. The van der Waals surface area contributed by atoms with Crippen LogP contribution in [-0.4, -0.2) is 9.38 Å². The van der Waals surface area contributed by atoms with E-state index < -0.39 is 0 Å². The summed E-state index contributed by atoms with van der Waals surface area (Å²) >= 11 is 0. The molecule has 3 heteroatoms. The van der Waals surface area contributed by atoms with Crippen LogP contribution < -0.4 is 0 Å². The maximum Gasteiger partial charge on any atom is 0.146 e. The van der Waals surface area contributed by atoms with E-state index in [-0.39, 0.29) is 0 Å². The van der Waals surface area contributed by atoms with Crippen molar-refractivity contribution in [1.29, 1.82) is 0 Å². The minimum Gasteiger partial charge on any atom is -0.456 e. The van der Waals surface area contributed by atoms with E-state index in [2.05, 4.69) is 129 Å². The fourth-order valence-electron chi connectivity index (χ4n) is 6.62. The molecule has 8 rings (SSSR count). The van der Waals surface area contributed by atoms with E-state index in [1.165, 1.54) is 33.0 Å². The molecule has 0 aliphatic rings. The first kappa shape index (κ1) is 23.3. The van der Waals surface area contributed by atoms with Crippen LogP contribution in [0.1, 0.15) is 50.7 Å². The minimum atomic E-state index is 0.436. The average Bonchev–Trinajstić information content (AvgIpc) is 3.54. The van der Waals surface area contributed by atoms with Crippen LogP contribution in [0, 0.1) is 0 Å². The number of benzene rings is 5. The molecule has 0 saturated carbocycles. The summed E-state index contributed by atoms with van der Waals surface area (Å²) in [5, 5.41) is 5.78. The van der Waals surface area contributed by atoms with Gasteiger partial charge in [-0.2, -0.15) is 0 Å². The van der Waals surface area contributed by atoms with Gasteiger partial charge in [0.15, 0.2) is 0 Å². The van der Waals surface area contributed by atoms with Crippen molar-refractivity contribution in [3.8, 4) is 11.1 Å². The Morgan fingerprint density at radius 3 is 2.05 bits per heavy atom. The third-order valence-electron chi connectivity index (χ3n) is 8.51. The zero-order valence-corrected chi connectivity index (χ0v) is 23.2. The number of hydrogen-bond donors (Lipinski definition) is 0. The summed E-state index contributed by atoms with van der Waals surface area (Å²) in [5.41, 5.74) is 11.4. The molecular formula is C37H30N2O. The molecule has 0 unspecified atom stereocenters. The molecule has 0 aliphatic heterocycles. The second-order valence-electron chi connectivity index (χ2n) is 11.6. The number of hydrogen-bond acceptors (Lipinski definition) is 2. The topological polar surface area (TPSA) is 30.4 Å². The molecule has 194 valence electrons. The summed E-state index contributed by atoms with van der Waals surface area (Å²) in [6, 6.07) is 35.0. The monoisotopic (exact) mass is 518 g/mol. The predicted molar refractivity (Wildman–Crippen MR) is 169 cm³/mol. The fraction of sp³-hybridized carbons (Fsp3) is 0.162. The Morgan fingerprint density at radius 1 is 0.575 bits per heavy atom. The van der Waals surface area contributed by atoms with Gasteiger partial charge in [0.05, 0.1) is 16.6 Å². The van der Waals surface area contributed by atoms with E-state index in [4.69, 9.17) is 9.40 Å². The van der Waals surface area contributed by atoms with E-state index in [1.807, 2.05) is 0 Å². The number of furan rings is 1. The van der Waals surface area contributed by atoms with Gasteiger partial charge in [0.2, 0.25) is 0 Å². The van der Waals surface area contributed by atoms with Crippen molar-refractivity contribution in [1.82, 2.24) is 9.38 Å². The van der Waals surface area contributed by atoms with Gasteiger partial charge in [-0.3, -0.25) is 4.40 Å². The van der Waals surface area contributed by atoms with Crippen LogP contribution in [0.15, 0.2) is 101 Å². The summed E-state index contributed by atoms with van der Waals surface area (Å²) in [6.45, 7) is 9.11. The highest BCUT2D eigenvalue weighted by molar-refractivity contribution is 6.19. The largest absolute Gasteiger partial charge is 0.456 e. The molecule has 0 N–H and O–H groups in total. The van der Waals surface area contributed by atoms with E-state index in [1.54, 1.807) is 0 Å². The van der Waals surface area contributed by atoms with Crippen molar-refractivity contribution in [2.24, 2.45) is 0 Å². The number of fused-ring (bicyclic) bond motifs is 11. The summed E-state index contributed by atoms with van der Waals surface area (Å²) in [7, 11) is 0. The first-order valence-corrected chi connectivity index (χ1v) is 14.2. The molecule has 0 bridgehead atoms. The Kier molecular flexibility index (Phi) is 4.91. The van der Waals surface area contributed by atoms with Gasteiger partial charge in [-0.15, -0.1) is 0 Å². The minimum absolute atomic E-state index is 0.436. The Morgan fingerprint density at radius 2 is 1.27 bits per heavy atom. The molecule has 0 fully saturated rings. The van der Waals surface area contributed by atoms with Gasteiger partial charge in [-0.1, -0.05) is 88.4 Å². The smallest absolute Gasteiger partial charge is 0.146 e. The van der Waals surface area contributed by atoms with Gasteiger partial charge >= 0.3 is 0 Å². The number of nitrogens with zero attached hydrogens (tertiary/aromatic N) is 2. The number of aromatic nitrogens is 2. The summed E-state index contributed by atoms with van der Waals surface area (Å²) in [6.07, 6.45) is 0. The van der Waals surface area contributed by atoms with Gasteiger partial charge in [-0.25, -0.2) is 4.98 Å². The third-order valence-corrected chi connectivity index (χ3v) is 8.51. The van der Waals surface area contributed by atoms with Gasteiger partial charge in [0, 0.05) is 21.5 Å². The van der Waals surface area contributed by atoms with Crippen molar-refractivity contribution >= 4 is 60.3 Å². The molecule has 0 atom stereocenters. The van der Waals surface area contributed by atoms with Crippen molar-refractivity contribution in [2.45, 2.75) is 39.5 Å². The molecule has 0 spiro atoms. The Labute approximate surface area is 232 Å². The van der Waals surface area contributed by atoms with Crippen LogP contribution in [0.5, 0.6) is 0 Å². The van der Waals surface area contributed by atoms with Crippen LogP contribution in [0.25, 0.3) is 71.4 Å². The molecule has 3 nitrogen and oxygen atoms in total. The lowest BCUT2D eigenvalue weighted by Gasteiger charge is -2.20. The van der Waals surface area contributed by atoms with Gasteiger partial charge in [0.25, 0.3) is 0 Å². The zero-order chi connectivity index (χ0) is 27.1. The molecule has 0 saturated heterocycles. The normalized spacial score (nSPS) is 12.4. The van der Waals surface area contributed by atoms with Gasteiger partial charge < -0.3 is 4.42 Å². The first-order valence-electron chi connectivity index (χ1n) is 14.2. The molecule has 5 aromatic carbocycles. The maximum absolute atomic E-state index is 6.63. The predicted octanol–water partition coefficient (Wildman–Crippen LogP) is 10.6. The van der Waals surface area contributed by atoms with Gasteiger partial charge in [-0.05, 0) is 75.9 Å². The summed E-state index contributed by atoms with van der Waals surface area (Å²) in [5.74, 6) is 0.872. The third kappa shape index (κ3) is 3.21. The lowest BCUT2D eigenvalue weighted by atomic mass is 9.85. The highest BCUT2D eigenvalue weighted by Crippen LogP contribution is 2.41. The van der Waals surface area contributed by atoms with Crippen LogP contribution >= 0.6 is 0 Å². The molecule has 0 aliphatic carbocycles.